The number of hydrogen-bond donors (Lipinski definition) is 2. The molecule has 1 aromatic carbocycles. The van der Waals surface area contributed by atoms with Gasteiger partial charge in [0.1, 0.15) is 13.2 Å². The fourth-order valence-corrected chi connectivity index (χ4v) is 3.41. The van der Waals surface area contributed by atoms with E-state index >= 15 is 0 Å². The maximum Gasteiger partial charge on any atom is 0.407 e. The average molecular weight is 357 g/mol. The van der Waals surface area contributed by atoms with Crippen LogP contribution in [0.4, 0.5) is 9.59 Å². The van der Waals surface area contributed by atoms with E-state index in [1.54, 1.807) is 0 Å². The van der Waals surface area contributed by atoms with Crippen molar-refractivity contribution in [3.05, 3.63) is 46.6 Å². The summed E-state index contributed by atoms with van der Waals surface area (Å²) in [4.78, 5) is 23.1. The van der Waals surface area contributed by atoms with Crippen molar-refractivity contribution in [3.8, 4) is 11.3 Å². The van der Waals surface area contributed by atoms with Gasteiger partial charge in [-0.15, -0.1) is 0 Å². The number of hydrogen-bond acceptors (Lipinski definition) is 4. The normalized spacial score (nSPS) is 12.0. The number of aromatic nitrogens is 1. The molecule has 0 unspecified atom stereocenters. The molecule has 7 heteroatoms. The molecule has 26 heavy (non-hydrogen) atoms. The Morgan fingerprint density at radius 2 is 1.65 bits per heavy atom. The highest BCUT2D eigenvalue weighted by molar-refractivity contribution is 5.73. The van der Waals surface area contributed by atoms with Crippen LogP contribution in [0.25, 0.3) is 11.3 Å². The molecule has 1 aromatic heterocycles. The maximum absolute atomic E-state index is 11.6. The number of rotatable bonds is 4. The summed E-state index contributed by atoms with van der Waals surface area (Å²) in [5.41, 5.74) is 6.20. The van der Waals surface area contributed by atoms with Crippen molar-refractivity contribution in [3.63, 3.8) is 0 Å². The molecule has 0 radical (unpaired) electrons. The van der Waals surface area contributed by atoms with Crippen LogP contribution in [0.5, 0.6) is 0 Å². The highest BCUT2D eigenvalue weighted by Crippen LogP contribution is 2.38. The molecule has 138 valence electrons. The third-order valence-electron chi connectivity index (χ3n) is 4.74. The van der Waals surface area contributed by atoms with Crippen molar-refractivity contribution in [2.45, 2.75) is 33.1 Å². The Hall–Kier alpha value is -2.96. The fraction of sp³-hybridized carbons (Fsp3) is 0.368. The quantitative estimate of drug-likeness (QED) is 0.882. The number of carbonyl (C=O) groups excluding carboxylic acids is 2. The molecule has 0 atom stereocenters. The van der Waals surface area contributed by atoms with Crippen molar-refractivity contribution in [2.24, 2.45) is 0 Å². The predicted molar refractivity (Wildman–Crippen MR) is 96.8 cm³/mol. The van der Waals surface area contributed by atoms with Gasteiger partial charge in [0.15, 0.2) is 0 Å². The highest BCUT2D eigenvalue weighted by atomic mass is 16.6. The van der Waals surface area contributed by atoms with E-state index < -0.39 is 12.2 Å². The zero-order valence-corrected chi connectivity index (χ0v) is 15.2. The van der Waals surface area contributed by atoms with Crippen LogP contribution in [-0.2, 0) is 35.7 Å². The molecule has 0 saturated heterocycles. The molecule has 2 amide bonds. The third kappa shape index (κ3) is 3.24. The Balaban J connectivity index is 2.05. The van der Waals surface area contributed by atoms with Gasteiger partial charge in [-0.25, -0.2) is 9.59 Å². The van der Waals surface area contributed by atoms with Crippen molar-refractivity contribution in [2.75, 3.05) is 14.1 Å². The number of nitrogens with zero attached hydrogens (tertiary/aromatic N) is 1. The lowest BCUT2D eigenvalue weighted by Gasteiger charge is -2.21. The predicted octanol–water partition coefficient (Wildman–Crippen LogP) is 2.73. The molecule has 0 aliphatic carbocycles. The molecule has 1 aliphatic heterocycles. The SMILES string of the molecule is CNC(=O)OCc1c(COC(=O)NC)c2n(c1C)CCc1ccccc1-2. The highest BCUT2D eigenvalue weighted by Gasteiger charge is 2.27. The first kappa shape index (κ1) is 17.8. The lowest BCUT2D eigenvalue weighted by Crippen LogP contribution is -2.20. The molecule has 0 spiro atoms. The Morgan fingerprint density at radius 1 is 1.04 bits per heavy atom. The van der Waals surface area contributed by atoms with E-state index in [2.05, 4.69) is 27.3 Å². The van der Waals surface area contributed by atoms with Gasteiger partial charge in [0, 0.05) is 43.0 Å². The van der Waals surface area contributed by atoms with Crippen molar-refractivity contribution < 1.29 is 19.1 Å². The molecule has 0 fully saturated rings. The minimum absolute atomic E-state index is 0.115. The Morgan fingerprint density at radius 3 is 2.31 bits per heavy atom. The van der Waals surface area contributed by atoms with E-state index in [0.29, 0.717) is 0 Å². The number of aryl methyl sites for hydroxylation is 1. The molecule has 0 saturated carbocycles. The number of fused-ring (bicyclic) bond motifs is 3. The van der Waals surface area contributed by atoms with E-state index in [4.69, 9.17) is 9.47 Å². The summed E-state index contributed by atoms with van der Waals surface area (Å²) in [7, 11) is 3.04. The van der Waals surface area contributed by atoms with Crippen LogP contribution in [-0.4, -0.2) is 30.8 Å². The van der Waals surface area contributed by atoms with Gasteiger partial charge in [0.2, 0.25) is 0 Å². The Kier molecular flexibility index (Phi) is 5.16. The number of nitrogens with one attached hydrogen (secondary N) is 2. The summed E-state index contributed by atoms with van der Waals surface area (Å²) < 4.78 is 12.8. The van der Waals surface area contributed by atoms with Crippen molar-refractivity contribution in [1.82, 2.24) is 15.2 Å². The van der Waals surface area contributed by atoms with Crippen LogP contribution in [0.1, 0.15) is 22.4 Å². The van der Waals surface area contributed by atoms with Crippen LogP contribution < -0.4 is 10.6 Å². The van der Waals surface area contributed by atoms with Gasteiger partial charge in [-0.2, -0.15) is 0 Å². The standard InChI is InChI=1S/C19H23N3O4/c1-12-15(10-25-18(23)20-2)16(11-26-19(24)21-3)17-14-7-5-4-6-13(14)8-9-22(12)17/h4-7H,8-11H2,1-3H3,(H,20,23)(H,21,24). The average Bonchev–Trinajstić information content (AvgIpc) is 2.95. The Bertz CT molecular complexity index is 842. The first-order valence-electron chi connectivity index (χ1n) is 8.55. The van der Waals surface area contributed by atoms with Gasteiger partial charge in [0.05, 0.1) is 5.69 Å². The lowest BCUT2D eigenvalue weighted by atomic mass is 9.96. The second-order valence-electron chi connectivity index (χ2n) is 6.10. The second-order valence-corrected chi connectivity index (χ2v) is 6.10. The van der Waals surface area contributed by atoms with Gasteiger partial charge in [-0.1, -0.05) is 24.3 Å². The molecule has 7 nitrogen and oxygen atoms in total. The minimum Gasteiger partial charge on any atom is -0.445 e. The zero-order valence-electron chi connectivity index (χ0n) is 15.2. The molecule has 1 aliphatic rings. The van der Waals surface area contributed by atoms with Gasteiger partial charge in [-0.05, 0) is 18.9 Å². The van der Waals surface area contributed by atoms with E-state index in [1.807, 2.05) is 19.1 Å². The van der Waals surface area contributed by atoms with Crippen LogP contribution in [0, 0.1) is 6.92 Å². The van der Waals surface area contributed by atoms with E-state index in [9.17, 15) is 9.59 Å². The van der Waals surface area contributed by atoms with Crippen molar-refractivity contribution in [1.29, 1.82) is 0 Å². The third-order valence-corrected chi connectivity index (χ3v) is 4.74. The molecule has 2 heterocycles. The van der Waals surface area contributed by atoms with Gasteiger partial charge in [-0.3, -0.25) is 0 Å². The fourth-order valence-electron chi connectivity index (χ4n) is 3.41. The first-order valence-corrected chi connectivity index (χ1v) is 8.55. The summed E-state index contributed by atoms with van der Waals surface area (Å²) in [6, 6.07) is 8.22. The number of ether oxygens (including phenoxy) is 2. The zero-order chi connectivity index (χ0) is 18.7. The maximum atomic E-state index is 11.6. The summed E-state index contributed by atoms with van der Waals surface area (Å²) in [5.74, 6) is 0. The molecule has 3 rings (SSSR count). The number of benzene rings is 1. The summed E-state index contributed by atoms with van der Waals surface area (Å²) in [5, 5.41) is 4.90. The van der Waals surface area contributed by atoms with Gasteiger partial charge >= 0.3 is 12.2 Å². The smallest absolute Gasteiger partial charge is 0.407 e. The topological polar surface area (TPSA) is 81.6 Å². The van der Waals surface area contributed by atoms with E-state index in [-0.39, 0.29) is 13.2 Å². The van der Waals surface area contributed by atoms with Crippen LogP contribution in [0.3, 0.4) is 0 Å². The van der Waals surface area contributed by atoms with Crippen LogP contribution in [0.15, 0.2) is 24.3 Å². The summed E-state index contributed by atoms with van der Waals surface area (Å²) in [6.07, 6.45) is -0.0542. The monoisotopic (exact) mass is 357 g/mol. The number of alkyl carbamates (subject to hydrolysis) is 2. The van der Waals surface area contributed by atoms with E-state index in [1.165, 1.54) is 19.7 Å². The number of amides is 2. The molecular formula is C19H23N3O4. The molecule has 2 aromatic rings. The second kappa shape index (κ2) is 7.51. The van der Waals surface area contributed by atoms with E-state index in [0.717, 1.165) is 41.0 Å². The summed E-state index contributed by atoms with van der Waals surface area (Å²) in [6.45, 7) is 3.08. The van der Waals surface area contributed by atoms with Gasteiger partial charge in [0.25, 0.3) is 0 Å². The number of carbonyl (C=O) groups is 2. The first-order chi connectivity index (χ1) is 12.6. The van der Waals surface area contributed by atoms with Gasteiger partial charge < -0.3 is 24.7 Å². The van der Waals surface area contributed by atoms with Crippen LogP contribution >= 0.6 is 0 Å². The molecule has 2 N–H and O–H groups in total. The molecule has 0 bridgehead atoms. The summed E-state index contributed by atoms with van der Waals surface area (Å²) >= 11 is 0. The lowest BCUT2D eigenvalue weighted by molar-refractivity contribution is 0.134. The van der Waals surface area contributed by atoms with Crippen LogP contribution in [0.2, 0.25) is 0 Å². The Labute approximate surface area is 152 Å². The molecular weight excluding hydrogens is 334 g/mol. The minimum atomic E-state index is -0.495. The van der Waals surface area contributed by atoms with Crippen molar-refractivity contribution >= 4 is 12.2 Å². The largest absolute Gasteiger partial charge is 0.445 e.